The predicted octanol–water partition coefficient (Wildman–Crippen LogP) is 1.77. The van der Waals surface area contributed by atoms with Crippen molar-refractivity contribution in [2.24, 2.45) is 5.92 Å². The van der Waals surface area contributed by atoms with E-state index in [-0.39, 0.29) is 5.92 Å². The summed E-state index contributed by atoms with van der Waals surface area (Å²) in [7, 11) is 0. The van der Waals surface area contributed by atoms with Gasteiger partial charge < -0.3 is 14.6 Å². The second-order valence-electron chi connectivity index (χ2n) is 4.32. The summed E-state index contributed by atoms with van der Waals surface area (Å²) in [5.41, 5.74) is 1.21. The molecule has 3 nitrogen and oxygen atoms in total. The first-order chi connectivity index (χ1) is 7.75. The third-order valence-corrected chi connectivity index (χ3v) is 2.95. The Labute approximate surface area is 96.0 Å². The smallest absolute Gasteiger partial charge is 0.119 e. The van der Waals surface area contributed by atoms with Gasteiger partial charge in [0, 0.05) is 12.5 Å². The minimum absolute atomic E-state index is 0.227. The van der Waals surface area contributed by atoms with Crippen molar-refractivity contribution in [3.8, 4) is 5.75 Å². The zero-order chi connectivity index (χ0) is 11.4. The molecule has 16 heavy (non-hydrogen) atoms. The summed E-state index contributed by atoms with van der Waals surface area (Å²) in [4.78, 5) is 0. The molecule has 3 heteroatoms. The van der Waals surface area contributed by atoms with E-state index in [0.717, 1.165) is 18.8 Å². The second kappa shape index (κ2) is 5.32. The van der Waals surface area contributed by atoms with Gasteiger partial charge in [-0.1, -0.05) is 17.7 Å². The van der Waals surface area contributed by atoms with E-state index in [9.17, 15) is 5.11 Å². The van der Waals surface area contributed by atoms with Crippen LogP contribution in [0.15, 0.2) is 24.3 Å². The van der Waals surface area contributed by atoms with Crippen LogP contribution >= 0.6 is 0 Å². The number of aryl methyl sites for hydroxylation is 1. The molecular weight excluding hydrogens is 204 g/mol. The number of benzene rings is 1. The fourth-order valence-corrected chi connectivity index (χ4v) is 1.81. The van der Waals surface area contributed by atoms with Crippen molar-refractivity contribution in [1.29, 1.82) is 0 Å². The average Bonchev–Trinajstić information content (AvgIpc) is 2.81. The van der Waals surface area contributed by atoms with Gasteiger partial charge in [0.15, 0.2) is 0 Å². The lowest BCUT2D eigenvalue weighted by atomic mass is 10.0. The van der Waals surface area contributed by atoms with E-state index in [0.29, 0.717) is 13.2 Å². The fourth-order valence-electron chi connectivity index (χ4n) is 1.81. The van der Waals surface area contributed by atoms with Crippen LogP contribution in [0.3, 0.4) is 0 Å². The highest BCUT2D eigenvalue weighted by Gasteiger charge is 2.24. The topological polar surface area (TPSA) is 38.7 Å². The SMILES string of the molecule is Cc1ccc(OCC(O)C2CCOC2)cc1. The van der Waals surface area contributed by atoms with Crippen LogP contribution in [-0.4, -0.2) is 31.0 Å². The number of hydrogen-bond donors (Lipinski definition) is 1. The molecule has 1 aromatic rings. The van der Waals surface area contributed by atoms with Crippen LogP contribution in [0.5, 0.6) is 5.75 Å². The van der Waals surface area contributed by atoms with Gasteiger partial charge in [-0.15, -0.1) is 0 Å². The summed E-state index contributed by atoms with van der Waals surface area (Å²) in [6.07, 6.45) is 0.502. The van der Waals surface area contributed by atoms with Crippen molar-refractivity contribution < 1.29 is 14.6 Å². The largest absolute Gasteiger partial charge is 0.491 e. The van der Waals surface area contributed by atoms with Crippen LogP contribution in [0.25, 0.3) is 0 Å². The third-order valence-electron chi connectivity index (χ3n) is 2.95. The van der Waals surface area contributed by atoms with Crippen molar-refractivity contribution in [1.82, 2.24) is 0 Å². The molecule has 2 unspecified atom stereocenters. The first kappa shape index (κ1) is 11.4. The third kappa shape index (κ3) is 2.97. The Morgan fingerprint density at radius 3 is 2.81 bits per heavy atom. The Balaban J connectivity index is 1.80. The normalized spacial score (nSPS) is 22.0. The minimum atomic E-state index is -0.427. The molecule has 1 N–H and O–H groups in total. The predicted molar refractivity (Wildman–Crippen MR) is 61.6 cm³/mol. The molecule has 1 aliphatic heterocycles. The van der Waals surface area contributed by atoms with Crippen molar-refractivity contribution in [2.75, 3.05) is 19.8 Å². The molecule has 2 atom stereocenters. The molecule has 0 amide bonds. The zero-order valence-electron chi connectivity index (χ0n) is 9.56. The summed E-state index contributed by atoms with van der Waals surface area (Å²) in [6.45, 7) is 3.79. The molecule has 0 saturated carbocycles. The highest BCUT2D eigenvalue weighted by Crippen LogP contribution is 2.18. The van der Waals surface area contributed by atoms with E-state index in [4.69, 9.17) is 9.47 Å². The maximum absolute atomic E-state index is 9.86. The number of ether oxygens (including phenoxy) is 2. The quantitative estimate of drug-likeness (QED) is 0.843. The van der Waals surface area contributed by atoms with Crippen LogP contribution < -0.4 is 4.74 Å². The van der Waals surface area contributed by atoms with Gasteiger partial charge in [0.1, 0.15) is 12.4 Å². The molecule has 1 fully saturated rings. The van der Waals surface area contributed by atoms with Gasteiger partial charge in [-0.05, 0) is 25.5 Å². The minimum Gasteiger partial charge on any atom is -0.491 e. The second-order valence-corrected chi connectivity index (χ2v) is 4.32. The summed E-state index contributed by atoms with van der Waals surface area (Å²) in [6, 6.07) is 7.85. The van der Waals surface area contributed by atoms with Crippen molar-refractivity contribution in [3.63, 3.8) is 0 Å². The number of hydrogen-bond acceptors (Lipinski definition) is 3. The maximum Gasteiger partial charge on any atom is 0.119 e. The standard InChI is InChI=1S/C13H18O3/c1-10-2-4-12(5-3-10)16-9-13(14)11-6-7-15-8-11/h2-5,11,13-14H,6-9H2,1H3. The van der Waals surface area contributed by atoms with Crippen LogP contribution in [-0.2, 0) is 4.74 Å². The molecular formula is C13H18O3. The van der Waals surface area contributed by atoms with Gasteiger partial charge in [-0.3, -0.25) is 0 Å². The molecule has 0 spiro atoms. The highest BCUT2D eigenvalue weighted by molar-refractivity contribution is 5.26. The van der Waals surface area contributed by atoms with E-state index in [1.165, 1.54) is 5.56 Å². The Hall–Kier alpha value is -1.06. The molecule has 0 aliphatic carbocycles. The number of aliphatic hydroxyl groups is 1. The average molecular weight is 222 g/mol. The van der Waals surface area contributed by atoms with Crippen molar-refractivity contribution in [3.05, 3.63) is 29.8 Å². The molecule has 2 rings (SSSR count). The van der Waals surface area contributed by atoms with Gasteiger partial charge in [-0.25, -0.2) is 0 Å². The summed E-state index contributed by atoms with van der Waals surface area (Å²) in [5, 5.41) is 9.86. The van der Waals surface area contributed by atoms with Crippen LogP contribution in [0.4, 0.5) is 0 Å². The summed E-state index contributed by atoms with van der Waals surface area (Å²) in [5.74, 6) is 1.04. The summed E-state index contributed by atoms with van der Waals surface area (Å²) < 4.78 is 10.8. The molecule has 1 aromatic carbocycles. The van der Waals surface area contributed by atoms with Crippen molar-refractivity contribution in [2.45, 2.75) is 19.4 Å². The van der Waals surface area contributed by atoms with Crippen LogP contribution in [0, 0.1) is 12.8 Å². The Bertz CT molecular complexity index is 314. The number of aliphatic hydroxyl groups excluding tert-OH is 1. The van der Waals surface area contributed by atoms with E-state index in [1.54, 1.807) is 0 Å². The first-order valence-electron chi connectivity index (χ1n) is 5.71. The number of rotatable bonds is 4. The molecule has 88 valence electrons. The Morgan fingerprint density at radius 2 is 2.19 bits per heavy atom. The Kier molecular flexibility index (Phi) is 3.80. The van der Waals surface area contributed by atoms with E-state index in [1.807, 2.05) is 31.2 Å². The lowest BCUT2D eigenvalue weighted by Crippen LogP contribution is -2.27. The van der Waals surface area contributed by atoms with Gasteiger partial charge in [0.25, 0.3) is 0 Å². The zero-order valence-corrected chi connectivity index (χ0v) is 9.56. The molecule has 0 aromatic heterocycles. The molecule has 1 aliphatic rings. The van der Waals surface area contributed by atoms with Crippen LogP contribution in [0.1, 0.15) is 12.0 Å². The highest BCUT2D eigenvalue weighted by atomic mass is 16.5. The first-order valence-corrected chi connectivity index (χ1v) is 5.71. The maximum atomic E-state index is 9.86. The molecule has 0 radical (unpaired) electrons. The molecule has 1 saturated heterocycles. The molecule has 1 heterocycles. The van der Waals surface area contributed by atoms with Crippen molar-refractivity contribution >= 4 is 0 Å². The van der Waals surface area contributed by atoms with Gasteiger partial charge in [-0.2, -0.15) is 0 Å². The monoisotopic (exact) mass is 222 g/mol. The lowest BCUT2D eigenvalue weighted by Gasteiger charge is -2.17. The molecule has 0 bridgehead atoms. The van der Waals surface area contributed by atoms with E-state index in [2.05, 4.69) is 0 Å². The van der Waals surface area contributed by atoms with Gasteiger partial charge in [0.05, 0.1) is 12.7 Å². The Morgan fingerprint density at radius 1 is 1.44 bits per heavy atom. The van der Waals surface area contributed by atoms with Gasteiger partial charge >= 0.3 is 0 Å². The van der Waals surface area contributed by atoms with Crippen LogP contribution in [0.2, 0.25) is 0 Å². The van der Waals surface area contributed by atoms with E-state index < -0.39 is 6.10 Å². The van der Waals surface area contributed by atoms with Gasteiger partial charge in [0.2, 0.25) is 0 Å². The van der Waals surface area contributed by atoms with E-state index >= 15 is 0 Å². The fraction of sp³-hybridized carbons (Fsp3) is 0.538. The lowest BCUT2D eigenvalue weighted by molar-refractivity contribution is 0.0499. The summed E-state index contributed by atoms with van der Waals surface area (Å²) >= 11 is 0.